The van der Waals surface area contributed by atoms with Gasteiger partial charge in [-0.05, 0) is 18.8 Å². The summed E-state index contributed by atoms with van der Waals surface area (Å²) in [5.41, 5.74) is -0.859. The molecule has 5 nitrogen and oxygen atoms in total. The summed E-state index contributed by atoms with van der Waals surface area (Å²) < 4.78 is 4.18. The quantitative estimate of drug-likeness (QED) is 0.878. The Kier molecular flexibility index (Phi) is 3.85. The molecule has 0 radical (unpaired) electrons. The van der Waals surface area contributed by atoms with Gasteiger partial charge in [0.05, 0.1) is 0 Å². The number of aliphatic carboxylic acids is 1. The molecule has 0 aliphatic heterocycles. The van der Waals surface area contributed by atoms with Gasteiger partial charge in [0, 0.05) is 18.0 Å². The number of nitrogens with one attached hydrogen (secondary N) is 1. The first kappa shape index (κ1) is 13.3. The lowest BCUT2D eigenvalue weighted by Crippen LogP contribution is -2.49. The Balaban J connectivity index is 2.17. The third-order valence-corrected chi connectivity index (χ3v) is 4.21. The zero-order valence-corrected chi connectivity index (χ0v) is 11.6. The molecule has 2 atom stereocenters. The summed E-state index contributed by atoms with van der Waals surface area (Å²) in [6.07, 6.45) is 4.14. The third-order valence-electron chi connectivity index (χ3n) is 3.54. The Morgan fingerprint density at radius 2 is 2.44 bits per heavy atom. The predicted octanol–water partition coefficient (Wildman–Crippen LogP) is 2.55. The summed E-state index contributed by atoms with van der Waals surface area (Å²) in [6.45, 7) is 4.09. The molecule has 0 amide bonds. The van der Waals surface area contributed by atoms with Gasteiger partial charge in [-0.1, -0.05) is 26.7 Å². The minimum atomic E-state index is -0.859. The van der Waals surface area contributed by atoms with Crippen LogP contribution in [0.4, 0.5) is 5.13 Å². The molecule has 0 aromatic carbocycles. The molecule has 1 saturated carbocycles. The number of carbonyl (C=O) groups is 1. The highest BCUT2D eigenvalue weighted by Gasteiger charge is 2.42. The number of carboxylic acids is 1. The van der Waals surface area contributed by atoms with Crippen LogP contribution in [0.25, 0.3) is 0 Å². The standard InChI is InChI=1S/C12H19N3O2S/c1-3-9-13-11(18-15-9)14-12(10(16)17)6-4-5-8(2)7-12/h8H,3-7H2,1-2H3,(H,16,17)(H,13,14,15). The molecule has 1 fully saturated rings. The average Bonchev–Trinajstić information content (AvgIpc) is 2.76. The van der Waals surface area contributed by atoms with Crippen molar-refractivity contribution in [1.29, 1.82) is 0 Å². The van der Waals surface area contributed by atoms with Crippen LogP contribution in [0.15, 0.2) is 0 Å². The van der Waals surface area contributed by atoms with Gasteiger partial charge in [0.1, 0.15) is 11.4 Å². The Morgan fingerprint density at radius 1 is 1.67 bits per heavy atom. The number of aryl methyl sites for hydroxylation is 1. The van der Waals surface area contributed by atoms with E-state index in [0.29, 0.717) is 23.9 Å². The Hall–Kier alpha value is -1.17. The molecule has 0 bridgehead atoms. The molecule has 6 heteroatoms. The normalized spacial score (nSPS) is 28.0. The van der Waals surface area contributed by atoms with Gasteiger partial charge >= 0.3 is 5.97 Å². The molecule has 0 spiro atoms. The molecule has 2 rings (SSSR count). The number of hydrogen-bond donors (Lipinski definition) is 2. The van der Waals surface area contributed by atoms with Crippen molar-refractivity contribution in [2.75, 3.05) is 5.32 Å². The predicted molar refractivity (Wildman–Crippen MR) is 70.9 cm³/mol. The smallest absolute Gasteiger partial charge is 0.329 e. The second-order valence-electron chi connectivity index (χ2n) is 5.08. The van der Waals surface area contributed by atoms with Gasteiger partial charge in [-0.2, -0.15) is 4.37 Å². The average molecular weight is 269 g/mol. The first-order valence-corrected chi connectivity index (χ1v) is 7.17. The first-order valence-electron chi connectivity index (χ1n) is 6.40. The molecule has 1 heterocycles. The summed E-state index contributed by atoms with van der Waals surface area (Å²) >= 11 is 1.25. The lowest BCUT2D eigenvalue weighted by atomic mass is 9.76. The summed E-state index contributed by atoms with van der Waals surface area (Å²) in [5, 5.41) is 13.3. The zero-order valence-electron chi connectivity index (χ0n) is 10.8. The highest BCUT2D eigenvalue weighted by Crippen LogP contribution is 2.35. The van der Waals surface area contributed by atoms with Gasteiger partial charge in [0.15, 0.2) is 0 Å². The van der Waals surface area contributed by atoms with Gasteiger partial charge in [-0.25, -0.2) is 9.78 Å². The number of rotatable bonds is 4. The van der Waals surface area contributed by atoms with Crippen LogP contribution in [0.5, 0.6) is 0 Å². The number of hydrogen-bond acceptors (Lipinski definition) is 5. The Morgan fingerprint density at radius 3 is 3.00 bits per heavy atom. The highest BCUT2D eigenvalue weighted by molar-refractivity contribution is 7.09. The summed E-state index contributed by atoms with van der Waals surface area (Å²) in [5.74, 6) is 0.426. The van der Waals surface area contributed by atoms with Crippen molar-refractivity contribution in [1.82, 2.24) is 9.36 Å². The van der Waals surface area contributed by atoms with Crippen molar-refractivity contribution in [3.63, 3.8) is 0 Å². The van der Waals surface area contributed by atoms with Crippen molar-refractivity contribution >= 4 is 22.6 Å². The molecule has 2 unspecified atom stereocenters. The number of carboxylic acid groups (broad SMARTS) is 1. The number of aromatic nitrogens is 2. The first-order chi connectivity index (χ1) is 8.55. The van der Waals surface area contributed by atoms with Crippen molar-refractivity contribution in [3.8, 4) is 0 Å². The van der Waals surface area contributed by atoms with E-state index in [4.69, 9.17) is 0 Å². The largest absolute Gasteiger partial charge is 0.480 e. The summed E-state index contributed by atoms with van der Waals surface area (Å²) in [7, 11) is 0. The van der Waals surface area contributed by atoms with Gasteiger partial charge < -0.3 is 10.4 Å². The van der Waals surface area contributed by atoms with E-state index in [1.807, 2.05) is 6.92 Å². The maximum Gasteiger partial charge on any atom is 0.329 e. The van der Waals surface area contributed by atoms with Crippen LogP contribution < -0.4 is 5.32 Å². The molecule has 1 aromatic rings. The van der Waals surface area contributed by atoms with Crippen molar-refractivity contribution in [2.24, 2.45) is 5.92 Å². The Bertz CT molecular complexity index is 435. The topological polar surface area (TPSA) is 75.1 Å². The fraction of sp³-hybridized carbons (Fsp3) is 0.750. The SMILES string of the molecule is CCc1nsc(NC2(C(=O)O)CCCC(C)C2)n1. The molecular formula is C12H19N3O2S. The lowest BCUT2D eigenvalue weighted by Gasteiger charge is -2.36. The van der Waals surface area contributed by atoms with E-state index in [0.717, 1.165) is 25.1 Å². The van der Waals surface area contributed by atoms with E-state index in [2.05, 4.69) is 21.6 Å². The van der Waals surface area contributed by atoms with Gasteiger partial charge in [0.25, 0.3) is 0 Å². The maximum absolute atomic E-state index is 11.6. The molecule has 1 aromatic heterocycles. The zero-order chi connectivity index (χ0) is 13.2. The van der Waals surface area contributed by atoms with Crippen LogP contribution in [0, 0.1) is 5.92 Å². The lowest BCUT2D eigenvalue weighted by molar-refractivity contribution is -0.144. The third kappa shape index (κ3) is 2.63. The summed E-state index contributed by atoms with van der Waals surface area (Å²) in [6, 6.07) is 0. The van der Waals surface area contributed by atoms with Crippen LogP contribution in [-0.2, 0) is 11.2 Å². The second kappa shape index (κ2) is 5.22. The molecule has 0 saturated heterocycles. The fourth-order valence-electron chi connectivity index (χ4n) is 2.57. The van der Waals surface area contributed by atoms with Crippen molar-refractivity contribution in [2.45, 2.75) is 51.5 Å². The molecular weight excluding hydrogens is 250 g/mol. The number of nitrogens with zero attached hydrogens (tertiary/aromatic N) is 2. The minimum absolute atomic E-state index is 0.431. The van der Waals surface area contributed by atoms with Gasteiger partial charge in [-0.15, -0.1) is 0 Å². The molecule has 18 heavy (non-hydrogen) atoms. The fourth-order valence-corrected chi connectivity index (χ4v) is 3.31. The van der Waals surface area contributed by atoms with Crippen molar-refractivity contribution < 1.29 is 9.90 Å². The van der Waals surface area contributed by atoms with E-state index in [-0.39, 0.29) is 0 Å². The van der Waals surface area contributed by atoms with Gasteiger partial charge in [-0.3, -0.25) is 0 Å². The minimum Gasteiger partial charge on any atom is -0.480 e. The molecule has 2 N–H and O–H groups in total. The van der Waals surface area contributed by atoms with E-state index in [9.17, 15) is 9.90 Å². The van der Waals surface area contributed by atoms with E-state index < -0.39 is 11.5 Å². The van der Waals surface area contributed by atoms with E-state index in [1.165, 1.54) is 11.5 Å². The van der Waals surface area contributed by atoms with E-state index >= 15 is 0 Å². The summed E-state index contributed by atoms with van der Waals surface area (Å²) in [4.78, 5) is 15.9. The van der Waals surface area contributed by atoms with Crippen LogP contribution in [0.2, 0.25) is 0 Å². The molecule has 1 aliphatic carbocycles. The molecule has 100 valence electrons. The number of anilines is 1. The van der Waals surface area contributed by atoms with Crippen LogP contribution in [0.1, 0.15) is 45.4 Å². The van der Waals surface area contributed by atoms with Crippen LogP contribution in [0.3, 0.4) is 0 Å². The van der Waals surface area contributed by atoms with Crippen LogP contribution in [-0.4, -0.2) is 26.0 Å². The highest BCUT2D eigenvalue weighted by atomic mass is 32.1. The molecule has 1 aliphatic rings. The monoisotopic (exact) mass is 269 g/mol. The Labute approximate surface area is 111 Å². The van der Waals surface area contributed by atoms with E-state index in [1.54, 1.807) is 0 Å². The van der Waals surface area contributed by atoms with Crippen molar-refractivity contribution in [3.05, 3.63) is 5.82 Å². The maximum atomic E-state index is 11.6. The second-order valence-corrected chi connectivity index (χ2v) is 5.83. The van der Waals surface area contributed by atoms with Crippen LogP contribution >= 0.6 is 11.5 Å². The van der Waals surface area contributed by atoms with Gasteiger partial charge in [0.2, 0.25) is 5.13 Å².